The summed E-state index contributed by atoms with van der Waals surface area (Å²) in [5.41, 5.74) is 7.81. The molecular formula is C15H25N3. The number of aryl methyl sites for hydroxylation is 1. The molecule has 1 aromatic heterocycles. The van der Waals surface area contributed by atoms with E-state index in [1.165, 1.54) is 25.7 Å². The van der Waals surface area contributed by atoms with Gasteiger partial charge in [0.25, 0.3) is 0 Å². The van der Waals surface area contributed by atoms with Crippen LogP contribution in [0.3, 0.4) is 0 Å². The van der Waals surface area contributed by atoms with Gasteiger partial charge in [-0.25, -0.2) is 4.98 Å². The molecule has 0 aliphatic heterocycles. The number of hydrogen-bond acceptors (Lipinski definition) is 3. The molecule has 1 fully saturated rings. The standard InChI is InChI=1S/C15H25N3/c1-10(2)12-6-4-5-7-14(12)18-15-8-13(16)11(3)9-17-15/h8-10,12,14H,4-7H2,1-3H3,(H3,16,17,18). The van der Waals surface area contributed by atoms with Crippen molar-refractivity contribution < 1.29 is 0 Å². The summed E-state index contributed by atoms with van der Waals surface area (Å²) in [6.45, 7) is 6.63. The van der Waals surface area contributed by atoms with Crippen molar-refractivity contribution in [2.75, 3.05) is 11.1 Å². The smallest absolute Gasteiger partial charge is 0.128 e. The first kappa shape index (κ1) is 13.2. The van der Waals surface area contributed by atoms with Gasteiger partial charge in [-0.05, 0) is 37.2 Å². The number of hydrogen-bond donors (Lipinski definition) is 2. The van der Waals surface area contributed by atoms with Crippen LogP contribution in [-0.4, -0.2) is 11.0 Å². The van der Waals surface area contributed by atoms with Crippen molar-refractivity contribution in [2.45, 2.75) is 52.5 Å². The van der Waals surface area contributed by atoms with E-state index in [0.717, 1.165) is 28.9 Å². The number of nitrogens with two attached hydrogens (primary N) is 1. The van der Waals surface area contributed by atoms with Crippen molar-refractivity contribution in [2.24, 2.45) is 11.8 Å². The van der Waals surface area contributed by atoms with Crippen LogP contribution < -0.4 is 11.1 Å². The predicted molar refractivity (Wildman–Crippen MR) is 77.6 cm³/mol. The number of nitrogens with zero attached hydrogens (tertiary/aromatic N) is 1. The first-order valence-electron chi connectivity index (χ1n) is 7.06. The molecule has 1 aromatic rings. The van der Waals surface area contributed by atoms with Crippen LogP contribution in [0, 0.1) is 18.8 Å². The minimum absolute atomic E-state index is 0.549. The molecule has 0 radical (unpaired) electrons. The Bertz CT molecular complexity index is 401. The van der Waals surface area contributed by atoms with E-state index in [2.05, 4.69) is 24.1 Å². The van der Waals surface area contributed by atoms with Gasteiger partial charge in [-0.2, -0.15) is 0 Å². The Morgan fingerprint density at radius 3 is 2.72 bits per heavy atom. The minimum atomic E-state index is 0.549. The molecule has 0 spiro atoms. The fourth-order valence-corrected chi connectivity index (χ4v) is 2.94. The molecule has 0 amide bonds. The Balaban J connectivity index is 2.08. The van der Waals surface area contributed by atoms with Crippen LogP contribution in [0.15, 0.2) is 12.3 Å². The normalized spacial score (nSPS) is 24.2. The highest BCUT2D eigenvalue weighted by Crippen LogP contribution is 2.32. The summed E-state index contributed by atoms with van der Waals surface area (Å²) in [6.07, 6.45) is 7.12. The Morgan fingerprint density at radius 1 is 1.33 bits per heavy atom. The number of pyridine rings is 1. The van der Waals surface area contributed by atoms with Crippen LogP contribution in [0.2, 0.25) is 0 Å². The van der Waals surface area contributed by atoms with Crippen molar-refractivity contribution in [1.29, 1.82) is 0 Å². The summed E-state index contributed by atoms with van der Waals surface area (Å²) in [4.78, 5) is 4.44. The lowest BCUT2D eigenvalue weighted by atomic mass is 9.78. The van der Waals surface area contributed by atoms with Gasteiger partial charge in [-0.3, -0.25) is 0 Å². The molecule has 0 saturated heterocycles. The van der Waals surface area contributed by atoms with Gasteiger partial charge in [-0.1, -0.05) is 26.7 Å². The summed E-state index contributed by atoms with van der Waals surface area (Å²) < 4.78 is 0. The van der Waals surface area contributed by atoms with Crippen LogP contribution in [0.5, 0.6) is 0 Å². The van der Waals surface area contributed by atoms with Crippen LogP contribution in [-0.2, 0) is 0 Å². The van der Waals surface area contributed by atoms with E-state index >= 15 is 0 Å². The molecule has 3 heteroatoms. The van der Waals surface area contributed by atoms with Crippen molar-refractivity contribution in [3.63, 3.8) is 0 Å². The molecule has 2 rings (SSSR count). The Labute approximate surface area is 110 Å². The second-order valence-corrected chi connectivity index (χ2v) is 5.87. The third kappa shape index (κ3) is 2.95. The van der Waals surface area contributed by atoms with Crippen molar-refractivity contribution >= 4 is 11.5 Å². The molecule has 1 saturated carbocycles. The Morgan fingerprint density at radius 2 is 2.06 bits per heavy atom. The molecule has 0 bridgehead atoms. The predicted octanol–water partition coefficient (Wildman–Crippen LogP) is 3.60. The van der Waals surface area contributed by atoms with Gasteiger partial charge in [0, 0.05) is 24.0 Å². The first-order chi connectivity index (χ1) is 8.58. The second kappa shape index (κ2) is 5.59. The molecule has 18 heavy (non-hydrogen) atoms. The third-order valence-corrected chi connectivity index (χ3v) is 4.15. The Hall–Kier alpha value is -1.25. The van der Waals surface area contributed by atoms with Gasteiger partial charge >= 0.3 is 0 Å². The van der Waals surface area contributed by atoms with Gasteiger partial charge in [0.15, 0.2) is 0 Å². The highest BCUT2D eigenvalue weighted by molar-refractivity contribution is 5.53. The molecule has 0 aromatic carbocycles. The molecule has 3 N–H and O–H groups in total. The number of rotatable bonds is 3. The molecule has 1 aliphatic carbocycles. The number of anilines is 2. The van der Waals surface area contributed by atoms with Crippen LogP contribution in [0.4, 0.5) is 11.5 Å². The number of nitrogen functional groups attached to an aromatic ring is 1. The van der Waals surface area contributed by atoms with Gasteiger partial charge in [0.2, 0.25) is 0 Å². The SMILES string of the molecule is Cc1cnc(NC2CCCCC2C(C)C)cc1N. The van der Waals surface area contributed by atoms with E-state index in [1.54, 1.807) is 0 Å². The number of nitrogens with one attached hydrogen (secondary N) is 1. The molecule has 2 atom stereocenters. The fraction of sp³-hybridized carbons (Fsp3) is 0.667. The fourth-order valence-electron chi connectivity index (χ4n) is 2.94. The van der Waals surface area contributed by atoms with Crippen molar-refractivity contribution in [3.05, 3.63) is 17.8 Å². The zero-order valence-corrected chi connectivity index (χ0v) is 11.7. The van der Waals surface area contributed by atoms with E-state index in [4.69, 9.17) is 5.73 Å². The van der Waals surface area contributed by atoms with Crippen LogP contribution >= 0.6 is 0 Å². The molecule has 3 nitrogen and oxygen atoms in total. The average molecular weight is 247 g/mol. The highest BCUT2D eigenvalue weighted by atomic mass is 15.0. The lowest BCUT2D eigenvalue weighted by Crippen LogP contribution is -2.35. The molecule has 2 unspecified atom stereocenters. The quantitative estimate of drug-likeness (QED) is 0.858. The monoisotopic (exact) mass is 247 g/mol. The Kier molecular flexibility index (Phi) is 4.10. The second-order valence-electron chi connectivity index (χ2n) is 5.87. The van der Waals surface area contributed by atoms with E-state index in [9.17, 15) is 0 Å². The zero-order chi connectivity index (χ0) is 13.1. The van der Waals surface area contributed by atoms with Crippen molar-refractivity contribution in [1.82, 2.24) is 4.98 Å². The average Bonchev–Trinajstić information content (AvgIpc) is 2.34. The topological polar surface area (TPSA) is 50.9 Å². The van der Waals surface area contributed by atoms with E-state index < -0.39 is 0 Å². The third-order valence-electron chi connectivity index (χ3n) is 4.15. The number of aromatic nitrogens is 1. The highest BCUT2D eigenvalue weighted by Gasteiger charge is 2.27. The van der Waals surface area contributed by atoms with Gasteiger partial charge in [0.05, 0.1) is 0 Å². The molecule has 1 aliphatic rings. The largest absolute Gasteiger partial charge is 0.398 e. The molecule has 100 valence electrons. The lowest BCUT2D eigenvalue weighted by molar-refractivity contribution is 0.253. The summed E-state index contributed by atoms with van der Waals surface area (Å²) >= 11 is 0. The van der Waals surface area contributed by atoms with E-state index in [0.29, 0.717) is 6.04 Å². The van der Waals surface area contributed by atoms with Gasteiger partial charge < -0.3 is 11.1 Å². The minimum Gasteiger partial charge on any atom is -0.398 e. The van der Waals surface area contributed by atoms with Gasteiger partial charge in [0.1, 0.15) is 5.82 Å². The molecular weight excluding hydrogens is 222 g/mol. The zero-order valence-electron chi connectivity index (χ0n) is 11.7. The van der Waals surface area contributed by atoms with E-state index in [-0.39, 0.29) is 0 Å². The summed E-state index contributed by atoms with van der Waals surface area (Å²) in [5, 5.41) is 3.59. The first-order valence-corrected chi connectivity index (χ1v) is 7.06. The lowest BCUT2D eigenvalue weighted by Gasteiger charge is -2.35. The van der Waals surface area contributed by atoms with Crippen LogP contribution in [0.25, 0.3) is 0 Å². The van der Waals surface area contributed by atoms with Gasteiger partial charge in [-0.15, -0.1) is 0 Å². The van der Waals surface area contributed by atoms with Crippen LogP contribution in [0.1, 0.15) is 45.1 Å². The summed E-state index contributed by atoms with van der Waals surface area (Å²) in [5.74, 6) is 2.41. The van der Waals surface area contributed by atoms with E-state index in [1.807, 2.05) is 19.2 Å². The maximum atomic E-state index is 5.94. The van der Waals surface area contributed by atoms with Crippen molar-refractivity contribution in [3.8, 4) is 0 Å². The summed E-state index contributed by atoms with van der Waals surface area (Å²) in [6, 6.07) is 2.51. The molecule has 1 heterocycles. The summed E-state index contributed by atoms with van der Waals surface area (Å²) in [7, 11) is 0. The maximum absolute atomic E-state index is 5.94. The maximum Gasteiger partial charge on any atom is 0.128 e.